The average molecular weight is 222 g/mol. The number of hydrogen-bond donors (Lipinski definition) is 1. The van der Waals surface area contributed by atoms with Gasteiger partial charge in [-0.15, -0.1) is 0 Å². The first-order valence-corrected chi connectivity index (χ1v) is 6.64. The van der Waals surface area contributed by atoms with Crippen LogP contribution in [0.15, 0.2) is 23.8 Å². The second kappa shape index (κ2) is 6.90. The molecule has 1 fully saturated rings. The van der Waals surface area contributed by atoms with Gasteiger partial charge in [-0.3, -0.25) is 0 Å². The number of hydrogen-bond acceptors (Lipinski definition) is 1. The van der Waals surface area contributed by atoms with E-state index >= 15 is 0 Å². The molecule has 0 aliphatic heterocycles. The number of allylic oxidation sites excluding steroid dienone is 3. The van der Waals surface area contributed by atoms with Gasteiger partial charge in [0, 0.05) is 0 Å². The molecule has 0 bridgehead atoms. The molecule has 0 heterocycles. The molecule has 0 unspecified atom stereocenters. The molecule has 1 atom stereocenters. The van der Waals surface area contributed by atoms with Gasteiger partial charge >= 0.3 is 0 Å². The van der Waals surface area contributed by atoms with E-state index in [4.69, 9.17) is 0 Å². The second-order valence-corrected chi connectivity index (χ2v) is 5.38. The molecule has 0 aromatic rings. The largest absolute Gasteiger partial charge is 0.388 e. The standard InChI is InChI=1S/C15H26O/c1-12(2)15(16)13(3)8-7-11-14-9-5-4-6-10-14/h7-8,11-12,14-16H,4-6,9-10H2,1-3H3/b11-7-,13-8+/t15-/m0/s1. The summed E-state index contributed by atoms with van der Waals surface area (Å²) in [6.45, 7) is 6.11. The molecule has 0 aromatic heterocycles. The van der Waals surface area contributed by atoms with Crippen molar-refractivity contribution in [3.05, 3.63) is 23.8 Å². The summed E-state index contributed by atoms with van der Waals surface area (Å²) >= 11 is 0. The molecule has 1 heteroatoms. The van der Waals surface area contributed by atoms with Crippen molar-refractivity contribution in [2.75, 3.05) is 0 Å². The Labute approximate surface area is 100 Å². The summed E-state index contributed by atoms with van der Waals surface area (Å²) < 4.78 is 0. The van der Waals surface area contributed by atoms with Crippen LogP contribution in [0.1, 0.15) is 52.9 Å². The molecule has 1 rings (SSSR count). The van der Waals surface area contributed by atoms with Crippen molar-refractivity contribution in [3.8, 4) is 0 Å². The fourth-order valence-electron chi connectivity index (χ4n) is 2.32. The third kappa shape index (κ3) is 4.52. The van der Waals surface area contributed by atoms with E-state index < -0.39 is 0 Å². The summed E-state index contributed by atoms with van der Waals surface area (Å²) in [7, 11) is 0. The summed E-state index contributed by atoms with van der Waals surface area (Å²) in [5.74, 6) is 1.08. The predicted octanol–water partition coefficient (Wildman–Crippen LogP) is 4.09. The van der Waals surface area contributed by atoms with Crippen LogP contribution < -0.4 is 0 Å². The number of aliphatic hydroxyl groups excluding tert-OH is 1. The summed E-state index contributed by atoms with van der Waals surface area (Å²) in [6.07, 6.45) is 13.1. The van der Waals surface area contributed by atoms with Crippen LogP contribution in [0.3, 0.4) is 0 Å². The minimum Gasteiger partial charge on any atom is -0.388 e. The van der Waals surface area contributed by atoms with Gasteiger partial charge in [0.05, 0.1) is 6.10 Å². The highest BCUT2D eigenvalue weighted by molar-refractivity contribution is 5.15. The Morgan fingerprint density at radius 2 is 1.81 bits per heavy atom. The molecule has 1 aliphatic carbocycles. The summed E-state index contributed by atoms with van der Waals surface area (Å²) in [6, 6.07) is 0. The third-order valence-electron chi connectivity index (χ3n) is 3.49. The minimum atomic E-state index is -0.295. The van der Waals surface area contributed by atoms with E-state index in [1.165, 1.54) is 32.1 Å². The Morgan fingerprint density at radius 3 is 2.38 bits per heavy atom. The maximum absolute atomic E-state index is 9.83. The van der Waals surface area contributed by atoms with Gasteiger partial charge in [-0.2, -0.15) is 0 Å². The van der Waals surface area contributed by atoms with E-state index in [-0.39, 0.29) is 6.10 Å². The normalized spacial score (nSPS) is 21.9. The van der Waals surface area contributed by atoms with E-state index in [9.17, 15) is 5.11 Å². The summed E-state index contributed by atoms with van der Waals surface area (Å²) in [4.78, 5) is 0. The molecule has 0 radical (unpaired) electrons. The predicted molar refractivity (Wildman–Crippen MR) is 70.3 cm³/mol. The maximum Gasteiger partial charge on any atom is 0.0773 e. The monoisotopic (exact) mass is 222 g/mol. The van der Waals surface area contributed by atoms with Gasteiger partial charge < -0.3 is 5.11 Å². The van der Waals surface area contributed by atoms with E-state index in [2.05, 4.69) is 18.2 Å². The molecule has 0 spiro atoms. The Morgan fingerprint density at radius 1 is 1.19 bits per heavy atom. The van der Waals surface area contributed by atoms with Crippen LogP contribution in [-0.2, 0) is 0 Å². The first-order chi connectivity index (χ1) is 7.61. The first kappa shape index (κ1) is 13.5. The van der Waals surface area contributed by atoms with E-state index in [1.54, 1.807) is 0 Å². The Kier molecular flexibility index (Phi) is 5.83. The van der Waals surface area contributed by atoms with Crippen LogP contribution in [0, 0.1) is 11.8 Å². The Hall–Kier alpha value is -0.560. The number of aliphatic hydroxyl groups is 1. The van der Waals surface area contributed by atoms with Crippen molar-refractivity contribution in [3.63, 3.8) is 0 Å². The van der Waals surface area contributed by atoms with Gasteiger partial charge in [0.2, 0.25) is 0 Å². The van der Waals surface area contributed by atoms with Crippen molar-refractivity contribution >= 4 is 0 Å². The van der Waals surface area contributed by atoms with Crippen molar-refractivity contribution in [1.29, 1.82) is 0 Å². The highest BCUT2D eigenvalue weighted by atomic mass is 16.3. The number of rotatable bonds is 4. The molecule has 0 aromatic carbocycles. The lowest BCUT2D eigenvalue weighted by molar-refractivity contribution is 0.160. The summed E-state index contributed by atoms with van der Waals surface area (Å²) in [5.41, 5.74) is 1.07. The highest BCUT2D eigenvalue weighted by Gasteiger charge is 2.11. The zero-order valence-corrected chi connectivity index (χ0v) is 10.9. The molecule has 92 valence electrons. The Bertz CT molecular complexity index is 244. The average Bonchev–Trinajstić information content (AvgIpc) is 2.29. The zero-order chi connectivity index (χ0) is 12.0. The smallest absolute Gasteiger partial charge is 0.0773 e. The quantitative estimate of drug-likeness (QED) is 0.710. The molecule has 1 aliphatic rings. The van der Waals surface area contributed by atoms with Crippen LogP contribution in [0.4, 0.5) is 0 Å². The Balaban J connectivity index is 2.41. The fourth-order valence-corrected chi connectivity index (χ4v) is 2.32. The summed E-state index contributed by atoms with van der Waals surface area (Å²) in [5, 5.41) is 9.83. The molecule has 1 nitrogen and oxygen atoms in total. The molecule has 0 amide bonds. The van der Waals surface area contributed by atoms with E-state index in [0.29, 0.717) is 5.92 Å². The molecule has 1 N–H and O–H groups in total. The van der Waals surface area contributed by atoms with Gasteiger partial charge in [0.1, 0.15) is 0 Å². The lowest BCUT2D eigenvalue weighted by atomic mass is 9.89. The molecular weight excluding hydrogens is 196 g/mol. The zero-order valence-electron chi connectivity index (χ0n) is 10.9. The third-order valence-corrected chi connectivity index (χ3v) is 3.49. The topological polar surface area (TPSA) is 20.2 Å². The minimum absolute atomic E-state index is 0.295. The van der Waals surface area contributed by atoms with E-state index in [1.807, 2.05) is 20.8 Å². The maximum atomic E-state index is 9.83. The lowest BCUT2D eigenvalue weighted by Gasteiger charge is -2.17. The molecule has 0 saturated heterocycles. The van der Waals surface area contributed by atoms with Crippen molar-refractivity contribution < 1.29 is 5.11 Å². The van der Waals surface area contributed by atoms with Crippen LogP contribution in [0.25, 0.3) is 0 Å². The van der Waals surface area contributed by atoms with Gasteiger partial charge in [0.15, 0.2) is 0 Å². The van der Waals surface area contributed by atoms with Gasteiger partial charge in [-0.05, 0) is 37.2 Å². The first-order valence-electron chi connectivity index (χ1n) is 6.64. The lowest BCUT2D eigenvalue weighted by Crippen LogP contribution is -2.15. The van der Waals surface area contributed by atoms with Gasteiger partial charge in [0.25, 0.3) is 0 Å². The molecule has 1 saturated carbocycles. The van der Waals surface area contributed by atoms with Crippen molar-refractivity contribution in [1.82, 2.24) is 0 Å². The van der Waals surface area contributed by atoms with Crippen LogP contribution >= 0.6 is 0 Å². The van der Waals surface area contributed by atoms with Gasteiger partial charge in [-0.25, -0.2) is 0 Å². The molecular formula is C15H26O. The highest BCUT2D eigenvalue weighted by Crippen LogP contribution is 2.24. The van der Waals surface area contributed by atoms with Crippen LogP contribution in [0.2, 0.25) is 0 Å². The van der Waals surface area contributed by atoms with E-state index in [0.717, 1.165) is 11.5 Å². The van der Waals surface area contributed by atoms with Crippen molar-refractivity contribution in [2.45, 2.75) is 59.0 Å². The molecule has 16 heavy (non-hydrogen) atoms. The second-order valence-electron chi connectivity index (χ2n) is 5.38. The van der Waals surface area contributed by atoms with Crippen LogP contribution in [0.5, 0.6) is 0 Å². The fraction of sp³-hybridized carbons (Fsp3) is 0.733. The van der Waals surface area contributed by atoms with Crippen molar-refractivity contribution in [2.24, 2.45) is 11.8 Å². The van der Waals surface area contributed by atoms with Crippen LogP contribution in [-0.4, -0.2) is 11.2 Å². The SMILES string of the molecule is C/C(=C\C=C/C1CCCCC1)[C@@H](O)C(C)C. The van der Waals surface area contributed by atoms with Gasteiger partial charge in [-0.1, -0.05) is 51.3 Å².